The lowest BCUT2D eigenvalue weighted by atomic mass is 10.1. The highest BCUT2D eigenvalue weighted by Crippen LogP contribution is 2.27. The highest BCUT2D eigenvalue weighted by molar-refractivity contribution is 6.04. The van der Waals surface area contributed by atoms with Crippen molar-refractivity contribution in [2.45, 2.75) is 38.5 Å². The number of anilines is 2. The predicted octanol–water partition coefficient (Wildman–Crippen LogP) is 3.28. The second-order valence-corrected chi connectivity index (χ2v) is 7.76. The van der Waals surface area contributed by atoms with Gasteiger partial charge < -0.3 is 20.7 Å². The van der Waals surface area contributed by atoms with E-state index in [9.17, 15) is 9.59 Å². The van der Waals surface area contributed by atoms with Gasteiger partial charge in [0.25, 0.3) is 11.8 Å². The Bertz CT molecular complexity index is 920. The van der Waals surface area contributed by atoms with E-state index in [0.29, 0.717) is 17.0 Å². The number of primary amides is 1. The number of carbonyl (C=O) groups is 2. The Morgan fingerprint density at radius 2 is 1.76 bits per heavy atom. The van der Waals surface area contributed by atoms with E-state index >= 15 is 0 Å². The lowest BCUT2D eigenvalue weighted by Gasteiger charge is -2.29. The molecule has 1 aliphatic heterocycles. The van der Waals surface area contributed by atoms with Crippen LogP contribution in [-0.2, 0) is 17.6 Å². The zero-order valence-corrected chi connectivity index (χ0v) is 16.6. The molecule has 3 N–H and O–H groups in total. The van der Waals surface area contributed by atoms with Gasteiger partial charge in [0.05, 0.1) is 11.3 Å². The van der Waals surface area contributed by atoms with Crippen LogP contribution in [0.4, 0.5) is 11.4 Å². The minimum absolute atomic E-state index is 0.120. The van der Waals surface area contributed by atoms with Crippen LogP contribution in [0.15, 0.2) is 36.4 Å². The highest BCUT2D eigenvalue weighted by Gasteiger charge is 2.17. The van der Waals surface area contributed by atoms with Crippen molar-refractivity contribution in [3.63, 3.8) is 0 Å². The largest absolute Gasteiger partial charge is 0.484 e. The molecule has 1 aliphatic carbocycles. The van der Waals surface area contributed by atoms with Crippen molar-refractivity contribution in [1.82, 2.24) is 0 Å². The van der Waals surface area contributed by atoms with Crippen molar-refractivity contribution < 1.29 is 14.3 Å². The minimum atomic E-state index is -0.557. The number of nitrogens with one attached hydrogen (secondary N) is 1. The summed E-state index contributed by atoms with van der Waals surface area (Å²) in [5.74, 6) is -0.186. The molecule has 0 radical (unpaired) electrons. The molecule has 6 heteroatoms. The molecule has 6 nitrogen and oxygen atoms in total. The molecule has 0 aromatic heterocycles. The molecular weight excluding hydrogens is 366 g/mol. The molecule has 4 rings (SSSR count). The first-order chi connectivity index (χ1) is 14.1. The van der Waals surface area contributed by atoms with Crippen molar-refractivity contribution in [2.24, 2.45) is 5.73 Å². The van der Waals surface area contributed by atoms with Crippen molar-refractivity contribution in [3.8, 4) is 5.75 Å². The first-order valence-corrected chi connectivity index (χ1v) is 10.3. The molecular formula is C23H27N3O3. The summed E-state index contributed by atoms with van der Waals surface area (Å²) >= 11 is 0. The van der Waals surface area contributed by atoms with Crippen LogP contribution in [0.2, 0.25) is 0 Å². The Morgan fingerprint density at radius 1 is 0.966 bits per heavy atom. The van der Waals surface area contributed by atoms with Gasteiger partial charge in [-0.15, -0.1) is 0 Å². The molecule has 0 atom stereocenters. The maximum atomic E-state index is 12.4. The van der Waals surface area contributed by atoms with E-state index < -0.39 is 5.91 Å². The lowest BCUT2D eigenvalue weighted by molar-refractivity contribution is -0.118. The number of ether oxygens (including phenoxy) is 1. The second kappa shape index (κ2) is 8.55. The molecule has 2 amide bonds. The number of benzene rings is 2. The Hall–Kier alpha value is -3.02. The third-order valence-electron chi connectivity index (χ3n) is 5.70. The number of amides is 2. The van der Waals surface area contributed by atoms with Crippen LogP contribution in [0.5, 0.6) is 5.75 Å². The molecule has 1 saturated heterocycles. The first-order valence-electron chi connectivity index (χ1n) is 10.3. The van der Waals surface area contributed by atoms with Crippen molar-refractivity contribution in [1.29, 1.82) is 0 Å². The van der Waals surface area contributed by atoms with Gasteiger partial charge in [-0.3, -0.25) is 9.59 Å². The predicted molar refractivity (Wildman–Crippen MR) is 114 cm³/mol. The molecule has 2 aromatic carbocycles. The Balaban J connectivity index is 1.41. The van der Waals surface area contributed by atoms with Gasteiger partial charge in [-0.05, 0) is 80.0 Å². The SMILES string of the molecule is NC(=O)c1cc(N2CCCCC2)ccc1NC(=O)COc1ccc2c(c1)CCC2. The summed E-state index contributed by atoms with van der Waals surface area (Å²) in [6.45, 7) is 1.82. The van der Waals surface area contributed by atoms with Crippen LogP contribution in [-0.4, -0.2) is 31.5 Å². The van der Waals surface area contributed by atoms with Crippen LogP contribution in [0, 0.1) is 0 Å². The van der Waals surface area contributed by atoms with Crippen LogP contribution >= 0.6 is 0 Å². The third kappa shape index (κ3) is 4.53. The Morgan fingerprint density at radius 3 is 2.55 bits per heavy atom. The molecule has 152 valence electrons. The summed E-state index contributed by atoms with van der Waals surface area (Å²) in [4.78, 5) is 26.6. The summed E-state index contributed by atoms with van der Waals surface area (Å²) in [6.07, 6.45) is 6.86. The zero-order chi connectivity index (χ0) is 20.2. The lowest BCUT2D eigenvalue weighted by Crippen LogP contribution is -2.30. The summed E-state index contributed by atoms with van der Waals surface area (Å²) in [7, 11) is 0. The molecule has 1 fully saturated rings. The van der Waals surface area contributed by atoms with E-state index in [2.05, 4.69) is 16.3 Å². The number of rotatable bonds is 6. The Kier molecular flexibility index (Phi) is 5.69. The number of aryl methyl sites for hydroxylation is 2. The summed E-state index contributed by atoms with van der Waals surface area (Å²) < 4.78 is 5.65. The van der Waals surface area contributed by atoms with Gasteiger partial charge >= 0.3 is 0 Å². The van der Waals surface area contributed by atoms with Crippen LogP contribution in [0.25, 0.3) is 0 Å². The van der Waals surface area contributed by atoms with Crippen molar-refractivity contribution in [3.05, 3.63) is 53.1 Å². The minimum Gasteiger partial charge on any atom is -0.484 e. The van der Waals surface area contributed by atoms with Gasteiger partial charge in [0.1, 0.15) is 5.75 Å². The molecule has 0 saturated carbocycles. The number of nitrogens with two attached hydrogens (primary N) is 1. The molecule has 0 bridgehead atoms. The maximum Gasteiger partial charge on any atom is 0.262 e. The fourth-order valence-electron chi connectivity index (χ4n) is 4.17. The molecule has 0 unspecified atom stereocenters. The van der Waals surface area contributed by atoms with Crippen LogP contribution < -0.4 is 20.7 Å². The maximum absolute atomic E-state index is 12.4. The normalized spacial score (nSPS) is 15.7. The first kappa shape index (κ1) is 19.3. The van der Waals surface area contributed by atoms with E-state index in [-0.39, 0.29) is 12.5 Å². The van der Waals surface area contributed by atoms with Gasteiger partial charge in [0.2, 0.25) is 0 Å². The van der Waals surface area contributed by atoms with Gasteiger partial charge in [-0.25, -0.2) is 0 Å². The number of hydrogen-bond donors (Lipinski definition) is 2. The number of hydrogen-bond acceptors (Lipinski definition) is 4. The monoisotopic (exact) mass is 393 g/mol. The van der Waals surface area contributed by atoms with Crippen LogP contribution in [0.1, 0.15) is 47.2 Å². The zero-order valence-electron chi connectivity index (χ0n) is 16.6. The van der Waals surface area contributed by atoms with E-state index in [1.807, 2.05) is 18.2 Å². The number of carbonyl (C=O) groups excluding carboxylic acids is 2. The van der Waals surface area contributed by atoms with Gasteiger partial charge in [-0.2, -0.15) is 0 Å². The number of nitrogens with zero attached hydrogens (tertiary/aromatic N) is 1. The number of piperidine rings is 1. The van der Waals surface area contributed by atoms with Gasteiger partial charge in [0.15, 0.2) is 6.61 Å². The Labute approximate surface area is 171 Å². The second-order valence-electron chi connectivity index (χ2n) is 7.76. The summed E-state index contributed by atoms with van der Waals surface area (Å²) in [5, 5.41) is 2.76. The standard InChI is InChI=1S/C23H27N3O3/c24-23(28)20-14-18(26-11-2-1-3-12-26)8-10-21(20)25-22(27)15-29-19-9-7-16-5-4-6-17(16)13-19/h7-10,13-14H,1-6,11-12,15H2,(H2,24,28)(H,25,27). The van der Waals surface area contributed by atoms with E-state index in [4.69, 9.17) is 10.5 Å². The smallest absolute Gasteiger partial charge is 0.262 e. The summed E-state index contributed by atoms with van der Waals surface area (Å²) in [6, 6.07) is 11.4. The average Bonchev–Trinajstić information content (AvgIpc) is 3.21. The van der Waals surface area contributed by atoms with Crippen molar-refractivity contribution >= 4 is 23.2 Å². The molecule has 0 spiro atoms. The number of fused-ring (bicyclic) bond motifs is 1. The van der Waals surface area contributed by atoms with E-state index in [1.165, 1.54) is 24.0 Å². The fourth-order valence-corrected chi connectivity index (χ4v) is 4.17. The van der Waals surface area contributed by atoms with Crippen LogP contribution in [0.3, 0.4) is 0 Å². The van der Waals surface area contributed by atoms with Crippen molar-refractivity contribution in [2.75, 3.05) is 29.9 Å². The highest BCUT2D eigenvalue weighted by atomic mass is 16.5. The average molecular weight is 393 g/mol. The van der Waals surface area contributed by atoms with E-state index in [0.717, 1.165) is 44.5 Å². The quantitative estimate of drug-likeness (QED) is 0.789. The molecule has 1 heterocycles. The molecule has 2 aromatic rings. The van der Waals surface area contributed by atoms with E-state index in [1.54, 1.807) is 12.1 Å². The third-order valence-corrected chi connectivity index (χ3v) is 5.70. The molecule has 2 aliphatic rings. The van der Waals surface area contributed by atoms with Gasteiger partial charge in [0, 0.05) is 18.8 Å². The molecule has 29 heavy (non-hydrogen) atoms. The fraction of sp³-hybridized carbons (Fsp3) is 0.391. The van der Waals surface area contributed by atoms with Gasteiger partial charge in [-0.1, -0.05) is 6.07 Å². The summed E-state index contributed by atoms with van der Waals surface area (Å²) in [5.41, 5.74) is 9.93. The topological polar surface area (TPSA) is 84.7 Å².